The van der Waals surface area contributed by atoms with Crippen LogP contribution in [-0.2, 0) is 11.8 Å². The Balaban J connectivity index is 1.93. The number of Topliss-reactive ketones (excluding diaryl/α,β-unsaturated/α-hetero) is 1. The Morgan fingerprint density at radius 1 is 1.17 bits per heavy atom. The molecule has 9 heteroatoms. The van der Waals surface area contributed by atoms with Crippen LogP contribution >= 0.6 is 0 Å². The van der Waals surface area contributed by atoms with Crippen LogP contribution in [0.15, 0.2) is 42.7 Å². The highest BCUT2D eigenvalue weighted by Crippen LogP contribution is 2.43. The first-order valence-corrected chi connectivity index (χ1v) is 8.72. The minimum absolute atomic E-state index is 0.0182. The monoisotopic (exact) mass is 398 g/mol. The second-order valence-electron chi connectivity index (χ2n) is 6.62. The number of benzene rings is 2. The number of halogens is 2. The molecule has 4 rings (SSSR count). The van der Waals surface area contributed by atoms with Crippen molar-refractivity contribution in [1.29, 1.82) is 0 Å². The highest BCUT2D eigenvalue weighted by atomic mass is 19.1. The lowest BCUT2D eigenvalue weighted by molar-refractivity contribution is 0.0595. The number of ether oxygens (including phenoxy) is 1. The zero-order valence-electron chi connectivity index (χ0n) is 15.5. The Morgan fingerprint density at radius 3 is 2.52 bits per heavy atom. The van der Waals surface area contributed by atoms with E-state index >= 15 is 0 Å². The molecular formula is C20H16F2N4O3. The van der Waals surface area contributed by atoms with Gasteiger partial charge in [-0.25, -0.2) is 18.6 Å². The third-order valence-electron chi connectivity index (χ3n) is 4.94. The quantitative estimate of drug-likeness (QED) is 0.683. The highest BCUT2D eigenvalue weighted by molar-refractivity contribution is 6.14. The molecule has 0 fully saturated rings. The van der Waals surface area contributed by atoms with E-state index in [2.05, 4.69) is 15.4 Å². The van der Waals surface area contributed by atoms with E-state index in [1.807, 2.05) is 0 Å². The first-order chi connectivity index (χ1) is 13.9. The van der Waals surface area contributed by atoms with E-state index in [1.165, 1.54) is 35.3 Å². The second kappa shape index (κ2) is 7.08. The van der Waals surface area contributed by atoms with Gasteiger partial charge >= 0.3 is 5.97 Å². The predicted molar refractivity (Wildman–Crippen MR) is 98.6 cm³/mol. The molecule has 2 atom stereocenters. The van der Waals surface area contributed by atoms with Gasteiger partial charge in [-0.3, -0.25) is 9.48 Å². The third-order valence-corrected chi connectivity index (χ3v) is 4.94. The van der Waals surface area contributed by atoms with Crippen LogP contribution < -0.4 is 5.32 Å². The maximum absolute atomic E-state index is 14.2. The van der Waals surface area contributed by atoms with Crippen molar-refractivity contribution in [2.24, 2.45) is 7.05 Å². The number of aryl methyl sites for hydroxylation is 1. The van der Waals surface area contributed by atoms with Crippen molar-refractivity contribution in [3.05, 3.63) is 76.9 Å². The number of rotatable bonds is 3. The van der Waals surface area contributed by atoms with Crippen LogP contribution in [0.25, 0.3) is 0 Å². The van der Waals surface area contributed by atoms with Crippen LogP contribution in [-0.4, -0.2) is 33.6 Å². The van der Waals surface area contributed by atoms with Gasteiger partial charge in [-0.15, -0.1) is 0 Å². The summed E-state index contributed by atoms with van der Waals surface area (Å²) in [6, 6.07) is 7.06. The van der Waals surface area contributed by atoms with E-state index in [4.69, 9.17) is 4.74 Å². The number of nitrogens with zero attached hydrogens (tertiary/aromatic N) is 3. The molecule has 1 aliphatic rings. The maximum Gasteiger partial charge on any atom is 0.338 e. The molecule has 7 nitrogen and oxygen atoms in total. The zero-order chi connectivity index (χ0) is 20.7. The van der Waals surface area contributed by atoms with Crippen molar-refractivity contribution in [2.45, 2.75) is 12.0 Å². The molecule has 29 heavy (non-hydrogen) atoms. The average Bonchev–Trinajstić information content (AvgIpc) is 3.12. The first kappa shape index (κ1) is 18.7. The number of fused-ring (bicyclic) bond motifs is 1. The number of methoxy groups -OCH3 is 1. The number of hydrogen-bond donors (Lipinski definition) is 1. The number of nitrogens with one attached hydrogen (secondary N) is 1. The second-order valence-corrected chi connectivity index (χ2v) is 6.62. The molecule has 1 N–H and O–H groups in total. The summed E-state index contributed by atoms with van der Waals surface area (Å²) >= 11 is 0. The van der Waals surface area contributed by atoms with Gasteiger partial charge in [0.1, 0.15) is 29.7 Å². The molecule has 0 spiro atoms. The largest absolute Gasteiger partial charge is 0.465 e. The molecule has 0 saturated carbocycles. The molecule has 0 amide bonds. The van der Waals surface area contributed by atoms with Crippen molar-refractivity contribution in [3.8, 4) is 0 Å². The zero-order valence-corrected chi connectivity index (χ0v) is 15.5. The van der Waals surface area contributed by atoms with Gasteiger partial charge in [-0.1, -0.05) is 12.1 Å². The van der Waals surface area contributed by atoms with E-state index in [0.29, 0.717) is 11.4 Å². The summed E-state index contributed by atoms with van der Waals surface area (Å²) in [7, 11) is 2.79. The Hall–Kier alpha value is -3.62. The van der Waals surface area contributed by atoms with Crippen molar-refractivity contribution < 1.29 is 23.1 Å². The van der Waals surface area contributed by atoms with Crippen molar-refractivity contribution in [3.63, 3.8) is 0 Å². The summed E-state index contributed by atoms with van der Waals surface area (Å²) in [5.74, 6) is -2.92. The number of ketones is 1. The summed E-state index contributed by atoms with van der Waals surface area (Å²) in [6.07, 6.45) is 1.31. The molecule has 3 aromatic rings. The van der Waals surface area contributed by atoms with Crippen LogP contribution in [0.2, 0.25) is 0 Å². The Kier molecular flexibility index (Phi) is 4.57. The molecule has 0 aliphatic carbocycles. The van der Waals surface area contributed by atoms with Gasteiger partial charge in [-0.05, 0) is 29.8 Å². The fourth-order valence-corrected chi connectivity index (χ4v) is 3.61. The average molecular weight is 398 g/mol. The summed E-state index contributed by atoms with van der Waals surface area (Å²) < 4.78 is 33.8. The number of esters is 1. The molecule has 2 unspecified atom stereocenters. The van der Waals surface area contributed by atoms with E-state index in [1.54, 1.807) is 7.05 Å². The summed E-state index contributed by atoms with van der Waals surface area (Å²) in [6.45, 7) is 0. The molecule has 0 radical (unpaired) electrons. The molecule has 1 aliphatic heterocycles. The van der Waals surface area contributed by atoms with E-state index in [-0.39, 0.29) is 16.8 Å². The third kappa shape index (κ3) is 3.14. The fourth-order valence-electron chi connectivity index (χ4n) is 3.61. The van der Waals surface area contributed by atoms with Crippen LogP contribution in [0.3, 0.4) is 0 Å². The first-order valence-electron chi connectivity index (χ1n) is 8.72. The van der Waals surface area contributed by atoms with Gasteiger partial charge < -0.3 is 10.1 Å². The lowest BCUT2D eigenvalue weighted by Crippen LogP contribution is -2.35. The SMILES string of the molecule is COC(=O)c1cc(F)cc2c1C(=O)C(c1ncnn1C)C(c1ccc(F)cc1)N2. The smallest absolute Gasteiger partial charge is 0.338 e. The van der Waals surface area contributed by atoms with Gasteiger partial charge in [0.15, 0.2) is 5.78 Å². The van der Waals surface area contributed by atoms with Crippen molar-refractivity contribution in [1.82, 2.24) is 14.8 Å². The highest BCUT2D eigenvalue weighted by Gasteiger charge is 2.42. The van der Waals surface area contributed by atoms with Crippen molar-refractivity contribution in [2.75, 3.05) is 12.4 Å². The van der Waals surface area contributed by atoms with Gasteiger partial charge in [0.25, 0.3) is 0 Å². The molecule has 2 heterocycles. The Bertz CT molecular complexity index is 1110. The summed E-state index contributed by atoms with van der Waals surface area (Å²) in [4.78, 5) is 29.9. The van der Waals surface area contributed by atoms with Gasteiger partial charge in [0.05, 0.1) is 24.3 Å². The van der Waals surface area contributed by atoms with E-state index in [9.17, 15) is 18.4 Å². The van der Waals surface area contributed by atoms with Gasteiger partial charge in [0.2, 0.25) is 0 Å². The molecule has 2 aromatic carbocycles. The lowest BCUT2D eigenvalue weighted by Gasteiger charge is -2.34. The van der Waals surface area contributed by atoms with E-state index in [0.717, 1.165) is 19.2 Å². The number of anilines is 1. The van der Waals surface area contributed by atoms with Crippen LogP contribution in [0.5, 0.6) is 0 Å². The molecule has 148 valence electrons. The minimum atomic E-state index is -0.880. The van der Waals surface area contributed by atoms with Crippen LogP contribution in [0.4, 0.5) is 14.5 Å². The van der Waals surface area contributed by atoms with Crippen LogP contribution in [0.1, 0.15) is 44.1 Å². The van der Waals surface area contributed by atoms with Gasteiger partial charge in [0, 0.05) is 12.7 Å². The standard InChI is InChI=1S/C20H16F2N4O3/c1-26-19(23-9-24-26)16-17(10-3-5-11(21)6-4-10)25-14-8-12(22)7-13(20(28)29-2)15(14)18(16)27/h3-9,16-17,25H,1-2H3. The topological polar surface area (TPSA) is 86.1 Å². The number of hydrogen-bond acceptors (Lipinski definition) is 6. The van der Waals surface area contributed by atoms with Gasteiger partial charge in [-0.2, -0.15) is 5.10 Å². The maximum atomic E-state index is 14.2. The normalized spacial score (nSPS) is 18.1. The Morgan fingerprint density at radius 2 is 1.90 bits per heavy atom. The molecule has 0 saturated heterocycles. The minimum Gasteiger partial charge on any atom is -0.465 e. The molecular weight excluding hydrogens is 382 g/mol. The number of carbonyl (C=O) groups is 2. The molecule has 1 aromatic heterocycles. The molecule has 0 bridgehead atoms. The lowest BCUT2D eigenvalue weighted by atomic mass is 9.80. The summed E-state index contributed by atoms with van der Waals surface area (Å²) in [5.41, 5.74) is 0.597. The Labute approximate surface area is 164 Å². The number of carbonyl (C=O) groups excluding carboxylic acids is 2. The van der Waals surface area contributed by atoms with Crippen LogP contribution in [0, 0.1) is 11.6 Å². The fraction of sp³-hybridized carbons (Fsp3) is 0.200. The van der Waals surface area contributed by atoms with E-state index < -0.39 is 35.3 Å². The predicted octanol–water partition coefficient (Wildman–Crippen LogP) is 3.01. The summed E-state index contributed by atoms with van der Waals surface area (Å²) in [5, 5.41) is 7.14. The number of aromatic nitrogens is 3. The van der Waals surface area contributed by atoms with Crippen molar-refractivity contribution >= 4 is 17.4 Å².